The summed E-state index contributed by atoms with van der Waals surface area (Å²) in [5, 5.41) is 7.64. The van der Waals surface area contributed by atoms with E-state index in [0.29, 0.717) is 5.56 Å². The number of fused-ring (bicyclic) bond motifs is 5. The van der Waals surface area contributed by atoms with Gasteiger partial charge in [0.2, 0.25) is 0 Å². The van der Waals surface area contributed by atoms with Crippen LogP contribution in [0, 0.1) is 0 Å². The molecule has 406 valence electrons. The molecule has 1 aliphatic rings. The van der Waals surface area contributed by atoms with Crippen LogP contribution in [-0.2, 0) is 5.41 Å². The van der Waals surface area contributed by atoms with Gasteiger partial charge in [0.25, 0.3) is 5.91 Å². The Kier molecular flexibility index (Phi) is 13.2. The highest BCUT2D eigenvalue weighted by molar-refractivity contribution is 6.13. The highest BCUT2D eigenvalue weighted by Gasteiger charge is 2.46. The first-order valence-corrected chi connectivity index (χ1v) is 29.3. The van der Waals surface area contributed by atoms with E-state index in [1.807, 2.05) is 42.5 Å². The number of nitrogens with one attached hydrogen (secondary N) is 1. The van der Waals surface area contributed by atoms with E-state index in [-0.39, 0.29) is 5.91 Å². The van der Waals surface area contributed by atoms with Crippen LogP contribution >= 0.6 is 0 Å². The Hall–Kier alpha value is -11.3. The van der Waals surface area contributed by atoms with Gasteiger partial charge >= 0.3 is 0 Å². The van der Waals surface area contributed by atoms with Crippen LogP contribution in [0.5, 0.6) is 0 Å². The first kappa shape index (κ1) is 51.5. The zero-order valence-corrected chi connectivity index (χ0v) is 47.1. The largest absolute Gasteiger partial charge is 0.322 e. The smallest absolute Gasteiger partial charge is 0.256 e. The van der Waals surface area contributed by atoms with Crippen LogP contribution in [0.4, 0.5) is 39.8 Å². The molecule has 4 heteroatoms. The number of amides is 1. The first-order valence-electron chi connectivity index (χ1n) is 29.3. The van der Waals surface area contributed by atoms with Crippen molar-refractivity contribution in [1.82, 2.24) is 0 Å². The third kappa shape index (κ3) is 9.27. The van der Waals surface area contributed by atoms with Crippen molar-refractivity contribution in [3.05, 3.63) is 368 Å². The highest BCUT2D eigenvalue weighted by atomic mass is 16.1. The minimum atomic E-state index is -0.819. The van der Waals surface area contributed by atoms with Crippen molar-refractivity contribution in [3.8, 4) is 44.5 Å². The molecule has 0 aliphatic heterocycles. The molecule has 0 bridgehead atoms. The molecule has 0 saturated heterocycles. The minimum absolute atomic E-state index is 0.150. The summed E-state index contributed by atoms with van der Waals surface area (Å²) in [7, 11) is 0. The molecule has 1 aliphatic carbocycles. The standard InChI is InChI=1S/C82H57N3O/c86-81(78-34-18-22-60-20-14-16-32-75(60)78)83-66-47-45-65(46-48-66)82(64-43-35-61(36-44-64)74-33-17-21-59-19-13-15-31-73(59)74)79-55-62(57-37-49-71(50-38-57)84(67-23-5-1-6-24-67)68-25-7-2-8-26-68)41-53-76(79)77-54-42-63(56-80(77)82)58-39-51-72(52-40-58)85(69-27-9-3-10-28-69)70-29-11-4-12-30-70/h1-56H,(H,83,86). The van der Waals surface area contributed by atoms with E-state index in [2.05, 4.69) is 312 Å². The van der Waals surface area contributed by atoms with E-state index in [4.69, 9.17) is 0 Å². The van der Waals surface area contributed by atoms with Gasteiger partial charge in [0.05, 0.1) is 5.41 Å². The Labute approximate surface area is 501 Å². The Bertz CT molecular complexity index is 4490. The summed E-state index contributed by atoms with van der Waals surface area (Å²) >= 11 is 0. The molecule has 0 heterocycles. The summed E-state index contributed by atoms with van der Waals surface area (Å²) in [5.74, 6) is -0.150. The Balaban J connectivity index is 0.899. The lowest BCUT2D eigenvalue weighted by Crippen LogP contribution is -2.28. The first-order chi connectivity index (χ1) is 42.5. The van der Waals surface area contributed by atoms with Gasteiger partial charge in [-0.15, -0.1) is 0 Å². The molecule has 0 saturated carbocycles. The fourth-order valence-electron chi connectivity index (χ4n) is 13.1. The number of carbonyl (C=O) groups excluding carboxylic acids is 1. The van der Waals surface area contributed by atoms with Crippen LogP contribution in [0.1, 0.15) is 32.6 Å². The summed E-state index contributed by atoms with van der Waals surface area (Å²) in [6.07, 6.45) is 0. The molecule has 4 nitrogen and oxygen atoms in total. The van der Waals surface area contributed by atoms with E-state index >= 15 is 0 Å². The average molecular weight is 1100 g/mol. The lowest BCUT2D eigenvalue weighted by molar-refractivity contribution is 0.102. The van der Waals surface area contributed by atoms with Crippen molar-refractivity contribution < 1.29 is 4.79 Å². The van der Waals surface area contributed by atoms with Gasteiger partial charge in [-0.05, 0) is 191 Å². The number of hydrogen-bond acceptors (Lipinski definition) is 3. The fraction of sp³-hybridized carbons (Fsp3) is 0.0122. The summed E-state index contributed by atoms with van der Waals surface area (Å²) in [5.41, 5.74) is 20.8. The van der Waals surface area contributed by atoms with Gasteiger partial charge in [-0.3, -0.25) is 4.79 Å². The van der Waals surface area contributed by atoms with E-state index in [1.165, 1.54) is 38.6 Å². The van der Waals surface area contributed by atoms with Crippen LogP contribution in [0.25, 0.3) is 66.1 Å². The van der Waals surface area contributed by atoms with Gasteiger partial charge in [-0.1, -0.05) is 237 Å². The Morgan fingerprint density at radius 1 is 0.279 bits per heavy atom. The lowest BCUT2D eigenvalue weighted by Gasteiger charge is -2.34. The number of para-hydroxylation sites is 4. The summed E-state index contributed by atoms with van der Waals surface area (Å²) in [6, 6.07) is 121. The number of carbonyl (C=O) groups is 1. The van der Waals surface area contributed by atoms with Crippen LogP contribution in [-0.4, -0.2) is 5.91 Å². The van der Waals surface area contributed by atoms with Gasteiger partial charge in [0, 0.05) is 45.4 Å². The zero-order chi connectivity index (χ0) is 57.4. The van der Waals surface area contributed by atoms with Crippen molar-refractivity contribution in [2.24, 2.45) is 0 Å². The molecule has 14 aromatic carbocycles. The van der Waals surface area contributed by atoms with Crippen LogP contribution < -0.4 is 15.1 Å². The second kappa shape index (κ2) is 22.1. The van der Waals surface area contributed by atoms with Gasteiger partial charge in [0.1, 0.15) is 0 Å². The Morgan fingerprint density at radius 3 is 1.12 bits per heavy atom. The molecule has 0 atom stereocenters. The predicted octanol–water partition coefficient (Wildman–Crippen LogP) is 21.5. The molecule has 1 N–H and O–H groups in total. The van der Waals surface area contributed by atoms with E-state index < -0.39 is 5.41 Å². The number of anilines is 7. The van der Waals surface area contributed by atoms with E-state index in [0.717, 1.165) is 89.5 Å². The normalized spacial score (nSPS) is 12.1. The minimum Gasteiger partial charge on any atom is -0.322 e. The number of nitrogens with zero attached hydrogens (tertiary/aromatic N) is 2. The van der Waals surface area contributed by atoms with E-state index in [9.17, 15) is 4.79 Å². The summed E-state index contributed by atoms with van der Waals surface area (Å²) < 4.78 is 0. The maximum Gasteiger partial charge on any atom is 0.256 e. The maximum absolute atomic E-state index is 14.2. The highest BCUT2D eigenvalue weighted by Crippen LogP contribution is 2.58. The quantitative estimate of drug-likeness (QED) is 0.125. The number of hydrogen-bond donors (Lipinski definition) is 1. The topological polar surface area (TPSA) is 35.6 Å². The average Bonchev–Trinajstić information content (AvgIpc) is 1.55. The molecule has 15 rings (SSSR count). The van der Waals surface area contributed by atoms with Crippen LogP contribution in [0.2, 0.25) is 0 Å². The van der Waals surface area contributed by atoms with E-state index in [1.54, 1.807) is 0 Å². The molecule has 0 fully saturated rings. The second-order valence-electron chi connectivity index (χ2n) is 22.0. The lowest BCUT2D eigenvalue weighted by atomic mass is 9.67. The number of rotatable bonds is 13. The molecule has 86 heavy (non-hydrogen) atoms. The SMILES string of the molecule is O=C(Nc1ccc(C2(c3ccc(-c4cccc5ccccc45)cc3)c3cc(-c4ccc(N(c5ccccc5)c5ccccc5)cc4)ccc3-c3ccc(-c4ccc(N(c5ccccc5)c5ccccc5)cc4)cc32)cc1)c1cccc2ccccc12. The van der Waals surface area contributed by atoms with Crippen molar-refractivity contribution in [3.63, 3.8) is 0 Å². The molecule has 0 aromatic heterocycles. The van der Waals surface area contributed by atoms with Crippen molar-refractivity contribution in [1.29, 1.82) is 0 Å². The van der Waals surface area contributed by atoms with Crippen molar-refractivity contribution >= 4 is 67.3 Å². The second-order valence-corrected chi connectivity index (χ2v) is 22.0. The van der Waals surface area contributed by atoms with Gasteiger partial charge in [-0.25, -0.2) is 0 Å². The molecule has 14 aromatic rings. The van der Waals surface area contributed by atoms with Crippen LogP contribution in [0.3, 0.4) is 0 Å². The monoisotopic (exact) mass is 1100 g/mol. The zero-order valence-electron chi connectivity index (χ0n) is 47.1. The van der Waals surface area contributed by atoms with Crippen LogP contribution in [0.15, 0.2) is 340 Å². The molecule has 0 radical (unpaired) electrons. The molecular weight excluding hydrogens is 1040 g/mol. The third-order valence-corrected chi connectivity index (χ3v) is 17.1. The predicted molar refractivity (Wildman–Crippen MR) is 359 cm³/mol. The van der Waals surface area contributed by atoms with Crippen molar-refractivity contribution in [2.45, 2.75) is 5.41 Å². The molecule has 1 amide bonds. The Morgan fingerprint density at radius 2 is 0.640 bits per heavy atom. The van der Waals surface area contributed by atoms with Gasteiger partial charge in [-0.2, -0.15) is 0 Å². The van der Waals surface area contributed by atoms with Gasteiger partial charge in [0.15, 0.2) is 0 Å². The number of benzene rings is 14. The summed E-state index contributed by atoms with van der Waals surface area (Å²) in [6.45, 7) is 0. The molecule has 0 spiro atoms. The summed E-state index contributed by atoms with van der Waals surface area (Å²) in [4.78, 5) is 18.9. The van der Waals surface area contributed by atoms with Crippen molar-refractivity contribution in [2.75, 3.05) is 15.1 Å². The fourth-order valence-corrected chi connectivity index (χ4v) is 13.1. The molecule has 0 unspecified atom stereocenters. The maximum atomic E-state index is 14.2. The third-order valence-electron chi connectivity index (χ3n) is 17.1. The van der Waals surface area contributed by atoms with Gasteiger partial charge < -0.3 is 15.1 Å². The molecular formula is C82H57N3O.